The Labute approximate surface area is 162 Å². The van der Waals surface area contributed by atoms with Gasteiger partial charge in [0.15, 0.2) is 5.96 Å². The topological polar surface area (TPSA) is 66.4 Å². The van der Waals surface area contributed by atoms with Gasteiger partial charge in [-0.25, -0.2) is 4.79 Å². The average molecular weight is 379 g/mol. The summed E-state index contributed by atoms with van der Waals surface area (Å²) in [6, 6.07) is 0.487. The van der Waals surface area contributed by atoms with Gasteiger partial charge in [0.2, 0.25) is 0 Å². The summed E-state index contributed by atoms with van der Waals surface area (Å²) in [5.41, 5.74) is 0.322. The molecule has 3 atom stereocenters. The van der Waals surface area contributed by atoms with Gasteiger partial charge in [0, 0.05) is 56.7 Å². The van der Waals surface area contributed by atoms with Crippen LogP contribution in [0, 0.1) is 11.3 Å². The summed E-state index contributed by atoms with van der Waals surface area (Å²) in [4.78, 5) is 20.9. The highest BCUT2D eigenvalue weighted by atomic mass is 16.6. The Bertz CT molecular complexity index is 568. The van der Waals surface area contributed by atoms with E-state index < -0.39 is 0 Å². The molecule has 7 heteroatoms. The standard InChI is InChI=1S/C20H34N4O3/c1-3-21-18(23-10-12-24(13-11-23)19(25)26-4-2)22-16-15-7-14-27-17(15)20(16)8-5-6-9-20/h15-17H,3-14H2,1-2H3,(H,21,22). The second-order valence-electron chi connectivity index (χ2n) is 8.28. The molecule has 1 N–H and O–H groups in total. The Balaban J connectivity index is 1.40. The van der Waals surface area contributed by atoms with Gasteiger partial charge in [0.25, 0.3) is 0 Å². The maximum absolute atomic E-state index is 12.0. The minimum absolute atomic E-state index is 0.200. The number of nitrogens with zero attached hydrogens (tertiary/aromatic N) is 3. The van der Waals surface area contributed by atoms with Gasteiger partial charge >= 0.3 is 6.09 Å². The lowest BCUT2D eigenvalue weighted by molar-refractivity contribution is -0.125. The van der Waals surface area contributed by atoms with Crippen molar-refractivity contribution in [2.45, 2.75) is 58.1 Å². The minimum Gasteiger partial charge on any atom is -0.450 e. The molecule has 7 nitrogen and oxygen atoms in total. The van der Waals surface area contributed by atoms with Crippen LogP contribution in [0.15, 0.2) is 4.99 Å². The Hall–Kier alpha value is -1.50. The van der Waals surface area contributed by atoms with Crippen molar-refractivity contribution in [1.82, 2.24) is 15.1 Å². The van der Waals surface area contributed by atoms with Gasteiger partial charge in [-0.15, -0.1) is 0 Å². The number of piperazine rings is 1. The molecule has 27 heavy (non-hydrogen) atoms. The lowest BCUT2D eigenvalue weighted by Gasteiger charge is -2.57. The molecule has 1 amide bonds. The lowest BCUT2D eigenvalue weighted by Crippen LogP contribution is -2.70. The monoisotopic (exact) mass is 378 g/mol. The van der Waals surface area contributed by atoms with E-state index in [2.05, 4.69) is 17.1 Å². The molecule has 0 radical (unpaired) electrons. The van der Waals surface area contributed by atoms with Crippen LogP contribution in [0.2, 0.25) is 0 Å². The van der Waals surface area contributed by atoms with E-state index in [1.54, 1.807) is 4.90 Å². The largest absolute Gasteiger partial charge is 0.450 e. The second kappa shape index (κ2) is 7.86. The van der Waals surface area contributed by atoms with E-state index in [0.29, 0.717) is 43.2 Å². The van der Waals surface area contributed by atoms with Crippen LogP contribution in [0.3, 0.4) is 0 Å². The summed E-state index contributed by atoms with van der Waals surface area (Å²) in [5, 5.41) is 3.86. The fraction of sp³-hybridized carbons (Fsp3) is 0.900. The van der Waals surface area contributed by atoms with Crippen molar-refractivity contribution in [3.8, 4) is 0 Å². The zero-order valence-corrected chi connectivity index (χ0v) is 16.8. The average Bonchev–Trinajstić information content (AvgIpc) is 3.34. The van der Waals surface area contributed by atoms with Crippen LogP contribution in [-0.2, 0) is 9.47 Å². The second-order valence-corrected chi connectivity index (χ2v) is 8.28. The maximum atomic E-state index is 12.0. The number of rotatable bonds is 3. The summed E-state index contributed by atoms with van der Waals surface area (Å²) in [5.74, 6) is 1.65. The van der Waals surface area contributed by atoms with Gasteiger partial charge in [0.1, 0.15) is 0 Å². The maximum Gasteiger partial charge on any atom is 0.409 e. The number of amides is 1. The highest BCUT2D eigenvalue weighted by molar-refractivity contribution is 5.81. The molecule has 0 aromatic heterocycles. The molecule has 4 aliphatic rings. The summed E-state index contributed by atoms with van der Waals surface area (Å²) < 4.78 is 11.3. The third-order valence-electron chi connectivity index (χ3n) is 6.98. The van der Waals surface area contributed by atoms with Gasteiger partial charge in [0.05, 0.1) is 12.7 Å². The number of carbonyl (C=O) groups excluding carboxylic acids is 1. The Morgan fingerprint density at radius 1 is 1.19 bits per heavy atom. The van der Waals surface area contributed by atoms with Crippen LogP contribution in [-0.4, -0.2) is 79.9 Å². The van der Waals surface area contributed by atoms with E-state index in [4.69, 9.17) is 14.5 Å². The molecule has 4 rings (SSSR count). The minimum atomic E-state index is -0.200. The Morgan fingerprint density at radius 2 is 1.89 bits per heavy atom. The Kier molecular flexibility index (Phi) is 5.48. The lowest BCUT2D eigenvalue weighted by atomic mass is 9.54. The number of aliphatic imine (C=N–C) groups is 1. The van der Waals surface area contributed by atoms with Gasteiger partial charge in [-0.3, -0.25) is 4.99 Å². The number of fused-ring (bicyclic) bond motifs is 2. The molecule has 152 valence electrons. The third kappa shape index (κ3) is 3.28. The highest BCUT2D eigenvalue weighted by Gasteiger charge is 2.65. The van der Waals surface area contributed by atoms with E-state index >= 15 is 0 Å². The molecular formula is C20H34N4O3. The SMILES string of the molecule is CCN=C(NC1C2CCOC2C12CCCC2)N1CCN(C(=O)OCC)CC1. The number of guanidine groups is 1. The van der Waals surface area contributed by atoms with Crippen molar-refractivity contribution in [2.24, 2.45) is 16.3 Å². The zero-order valence-electron chi connectivity index (χ0n) is 16.8. The third-order valence-corrected chi connectivity index (χ3v) is 6.98. The quantitative estimate of drug-likeness (QED) is 0.602. The van der Waals surface area contributed by atoms with Crippen LogP contribution in [0.5, 0.6) is 0 Å². The molecule has 2 heterocycles. The number of carbonyl (C=O) groups is 1. The molecule has 1 spiro atoms. The van der Waals surface area contributed by atoms with Gasteiger partial charge in [-0.2, -0.15) is 0 Å². The fourth-order valence-electron chi connectivity index (χ4n) is 5.75. The highest BCUT2D eigenvalue weighted by Crippen LogP contribution is 2.60. The number of hydrogen-bond acceptors (Lipinski definition) is 4. The van der Waals surface area contributed by atoms with Crippen molar-refractivity contribution in [2.75, 3.05) is 45.9 Å². The Morgan fingerprint density at radius 3 is 2.56 bits per heavy atom. The summed E-state index contributed by atoms with van der Waals surface area (Å²) in [7, 11) is 0. The fourth-order valence-corrected chi connectivity index (χ4v) is 5.75. The van der Waals surface area contributed by atoms with E-state index in [1.165, 1.54) is 32.1 Å². The first-order valence-corrected chi connectivity index (χ1v) is 10.8. The zero-order chi connectivity index (χ0) is 18.9. The van der Waals surface area contributed by atoms with E-state index in [1.807, 2.05) is 6.92 Å². The first kappa shape index (κ1) is 18.8. The molecule has 3 unspecified atom stereocenters. The van der Waals surface area contributed by atoms with E-state index in [0.717, 1.165) is 32.2 Å². The van der Waals surface area contributed by atoms with E-state index in [9.17, 15) is 4.79 Å². The van der Waals surface area contributed by atoms with Crippen molar-refractivity contribution in [3.05, 3.63) is 0 Å². The first-order chi connectivity index (χ1) is 13.2. The molecule has 0 aromatic rings. The number of ether oxygens (including phenoxy) is 2. The molecular weight excluding hydrogens is 344 g/mol. The molecule has 2 saturated heterocycles. The van der Waals surface area contributed by atoms with Crippen molar-refractivity contribution in [3.63, 3.8) is 0 Å². The summed E-state index contributed by atoms with van der Waals surface area (Å²) in [6.07, 6.45) is 6.63. The molecule has 2 aliphatic carbocycles. The van der Waals surface area contributed by atoms with Crippen molar-refractivity contribution >= 4 is 12.1 Å². The molecule has 0 bridgehead atoms. The summed E-state index contributed by atoms with van der Waals surface area (Å²) in [6.45, 7) is 9.02. The molecule has 0 aromatic carbocycles. The van der Waals surface area contributed by atoms with E-state index in [-0.39, 0.29) is 6.09 Å². The predicted octanol–water partition coefficient (Wildman–Crippen LogP) is 2.07. The van der Waals surface area contributed by atoms with Crippen molar-refractivity contribution < 1.29 is 14.3 Å². The van der Waals surface area contributed by atoms with Crippen molar-refractivity contribution in [1.29, 1.82) is 0 Å². The van der Waals surface area contributed by atoms with Gasteiger partial charge in [-0.05, 0) is 33.1 Å². The number of hydrogen-bond donors (Lipinski definition) is 1. The van der Waals surface area contributed by atoms with Crippen LogP contribution in [0.25, 0.3) is 0 Å². The first-order valence-electron chi connectivity index (χ1n) is 10.8. The van der Waals surface area contributed by atoms with Gasteiger partial charge < -0.3 is 24.6 Å². The van der Waals surface area contributed by atoms with Crippen LogP contribution >= 0.6 is 0 Å². The molecule has 4 fully saturated rings. The van der Waals surface area contributed by atoms with Crippen LogP contribution in [0.4, 0.5) is 4.79 Å². The summed E-state index contributed by atoms with van der Waals surface area (Å²) >= 11 is 0. The molecule has 2 aliphatic heterocycles. The smallest absolute Gasteiger partial charge is 0.409 e. The van der Waals surface area contributed by atoms with Crippen LogP contribution < -0.4 is 5.32 Å². The normalized spacial score (nSPS) is 32.4. The van der Waals surface area contributed by atoms with Gasteiger partial charge in [-0.1, -0.05) is 12.8 Å². The molecule has 2 saturated carbocycles. The predicted molar refractivity (Wildman–Crippen MR) is 104 cm³/mol. The number of nitrogens with one attached hydrogen (secondary N) is 1. The van der Waals surface area contributed by atoms with Crippen LogP contribution in [0.1, 0.15) is 46.0 Å².